The average Bonchev–Trinajstić information content (AvgIpc) is 2.70. The number of hydrogen-bond acceptors (Lipinski definition) is 3. The lowest BCUT2D eigenvalue weighted by Gasteiger charge is -2.08. The molecule has 1 heterocycles. The van der Waals surface area contributed by atoms with Crippen molar-refractivity contribution in [3.63, 3.8) is 0 Å². The molecule has 0 radical (unpaired) electrons. The standard InChI is InChI=1S/C9H10ClN3O/c1-13-8-6(5-11-13)3-4-7(12-10)9(8)14-2/h3-5,12H,1-2H3/i1D3. The highest BCUT2D eigenvalue weighted by Gasteiger charge is 2.10. The molecule has 1 aromatic carbocycles. The third-order valence-corrected chi connectivity index (χ3v) is 2.20. The average molecular weight is 215 g/mol. The van der Waals surface area contributed by atoms with E-state index >= 15 is 0 Å². The van der Waals surface area contributed by atoms with E-state index in [2.05, 4.69) is 9.93 Å². The number of aromatic nitrogens is 2. The van der Waals surface area contributed by atoms with E-state index in [-0.39, 0.29) is 0 Å². The first-order valence-electron chi connectivity index (χ1n) is 5.41. The summed E-state index contributed by atoms with van der Waals surface area (Å²) in [6.07, 6.45) is 1.47. The SMILES string of the molecule is [2H]C([2H])([2H])n1ncc2ccc(NCl)c(OC)c21. The maximum atomic E-state index is 7.40. The molecule has 0 saturated heterocycles. The van der Waals surface area contributed by atoms with Crippen LogP contribution in [0.2, 0.25) is 0 Å². The number of aryl methyl sites for hydroxylation is 1. The molecular formula is C9H10ClN3O. The van der Waals surface area contributed by atoms with E-state index in [9.17, 15) is 0 Å². The van der Waals surface area contributed by atoms with Crippen molar-refractivity contribution >= 4 is 28.4 Å². The zero-order chi connectivity index (χ0) is 12.6. The van der Waals surface area contributed by atoms with E-state index in [0.717, 1.165) is 4.68 Å². The molecule has 4 nitrogen and oxygen atoms in total. The van der Waals surface area contributed by atoms with Crippen LogP contribution in [0.25, 0.3) is 10.9 Å². The molecule has 2 rings (SSSR count). The Bertz CT molecular complexity index is 552. The van der Waals surface area contributed by atoms with Crippen molar-refractivity contribution in [3.8, 4) is 5.75 Å². The number of nitrogens with one attached hydrogen (secondary N) is 1. The second kappa shape index (κ2) is 3.38. The predicted molar refractivity (Wildman–Crippen MR) is 56.7 cm³/mol. The van der Waals surface area contributed by atoms with Gasteiger partial charge < -0.3 is 4.74 Å². The minimum atomic E-state index is -2.36. The molecule has 1 N–H and O–H groups in total. The van der Waals surface area contributed by atoms with Gasteiger partial charge in [0, 0.05) is 28.3 Å². The number of methoxy groups -OCH3 is 1. The number of ether oxygens (including phenoxy) is 1. The summed E-state index contributed by atoms with van der Waals surface area (Å²) in [5, 5.41) is 4.53. The van der Waals surface area contributed by atoms with Gasteiger partial charge in [-0.05, 0) is 12.1 Å². The van der Waals surface area contributed by atoms with Crippen molar-refractivity contribution in [2.45, 2.75) is 0 Å². The zero-order valence-corrected chi connectivity index (χ0v) is 8.17. The number of halogens is 1. The van der Waals surface area contributed by atoms with E-state index in [4.69, 9.17) is 20.6 Å². The fourth-order valence-electron chi connectivity index (χ4n) is 1.37. The van der Waals surface area contributed by atoms with E-state index in [0.29, 0.717) is 22.3 Å². The van der Waals surface area contributed by atoms with Gasteiger partial charge in [0.05, 0.1) is 19.0 Å². The van der Waals surface area contributed by atoms with Crippen molar-refractivity contribution in [1.29, 1.82) is 0 Å². The third-order valence-electron chi connectivity index (χ3n) is 1.99. The summed E-state index contributed by atoms with van der Waals surface area (Å²) in [5.74, 6) is 0.353. The summed E-state index contributed by atoms with van der Waals surface area (Å²) in [6, 6.07) is 3.41. The summed E-state index contributed by atoms with van der Waals surface area (Å²) in [7, 11) is 1.45. The molecule has 1 aromatic heterocycles. The van der Waals surface area contributed by atoms with Gasteiger partial charge in [-0.2, -0.15) is 5.10 Å². The smallest absolute Gasteiger partial charge is 0.168 e. The molecule has 0 fully saturated rings. The van der Waals surface area contributed by atoms with Gasteiger partial charge in [-0.15, -0.1) is 0 Å². The van der Waals surface area contributed by atoms with Crippen LogP contribution in [0.4, 0.5) is 5.69 Å². The molecule has 0 bridgehead atoms. The minimum Gasteiger partial charge on any atom is -0.492 e. The summed E-state index contributed by atoms with van der Waals surface area (Å²) in [6.45, 7) is -2.36. The summed E-state index contributed by atoms with van der Waals surface area (Å²) >= 11 is 5.54. The van der Waals surface area contributed by atoms with E-state index in [1.54, 1.807) is 12.1 Å². The van der Waals surface area contributed by atoms with Crippen molar-refractivity contribution < 1.29 is 8.85 Å². The molecule has 0 aliphatic carbocycles. The van der Waals surface area contributed by atoms with Crippen LogP contribution < -0.4 is 9.57 Å². The molecule has 74 valence electrons. The number of fused-ring (bicyclic) bond motifs is 1. The van der Waals surface area contributed by atoms with E-state index in [1.807, 2.05) is 0 Å². The Morgan fingerprint density at radius 2 is 2.50 bits per heavy atom. The quantitative estimate of drug-likeness (QED) is 0.779. The molecule has 0 spiro atoms. The molecule has 0 amide bonds. The molecule has 0 aliphatic rings. The highest BCUT2D eigenvalue weighted by atomic mass is 35.5. The Hall–Kier alpha value is -1.42. The summed E-state index contributed by atoms with van der Waals surface area (Å²) in [5.41, 5.74) is 0.880. The van der Waals surface area contributed by atoms with Gasteiger partial charge in [0.2, 0.25) is 0 Å². The zero-order valence-electron chi connectivity index (χ0n) is 10.4. The Balaban J connectivity index is 2.81. The summed E-state index contributed by atoms with van der Waals surface area (Å²) < 4.78 is 28.3. The Labute approximate surface area is 90.7 Å². The normalized spacial score (nSPS) is 14.6. The maximum absolute atomic E-state index is 7.40. The topological polar surface area (TPSA) is 39.1 Å². The van der Waals surface area contributed by atoms with Crippen molar-refractivity contribution in [3.05, 3.63) is 18.3 Å². The van der Waals surface area contributed by atoms with Crippen molar-refractivity contribution in [1.82, 2.24) is 9.78 Å². The fourth-order valence-corrected chi connectivity index (χ4v) is 1.52. The van der Waals surface area contributed by atoms with Crippen LogP contribution in [-0.2, 0) is 6.98 Å². The van der Waals surface area contributed by atoms with Crippen molar-refractivity contribution in [2.75, 3.05) is 11.9 Å². The van der Waals surface area contributed by atoms with Crippen LogP contribution in [0.15, 0.2) is 18.3 Å². The Morgan fingerprint density at radius 1 is 1.64 bits per heavy atom. The van der Waals surface area contributed by atoms with Crippen LogP contribution in [0, 0.1) is 0 Å². The molecule has 2 aromatic rings. The van der Waals surface area contributed by atoms with Gasteiger partial charge in [-0.1, -0.05) is 0 Å². The van der Waals surface area contributed by atoms with Crippen LogP contribution in [0.5, 0.6) is 5.75 Å². The van der Waals surface area contributed by atoms with Gasteiger partial charge in [-0.3, -0.25) is 9.52 Å². The molecule has 5 heteroatoms. The Kier molecular flexibility index (Phi) is 1.48. The first-order chi connectivity index (χ1) is 7.99. The third kappa shape index (κ3) is 1.19. The van der Waals surface area contributed by atoms with Crippen LogP contribution in [0.3, 0.4) is 0 Å². The number of benzene rings is 1. The number of hydrogen-bond donors (Lipinski definition) is 1. The lowest BCUT2D eigenvalue weighted by molar-refractivity contribution is 0.419. The highest BCUT2D eigenvalue weighted by molar-refractivity contribution is 6.24. The van der Waals surface area contributed by atoms with E-state index < -0.39 is 6.98 Å². The molecule has 14 heavy (non-hydrogen) atoms. The first kappa shape index (κ1) is 6.14. The van der Waals surface area contributed by atoms with Gasteiger partial charge in [0.1, 0.15) is 5.52 Å². The second-order valence-corrected chi connectivity index (χ2v) is 2.92. The maximum Gasteiger partial charge on any atom is 0.168 e. The predicted octanol–water partition coefficient (Wildman–Crippen LogP) is 2.15. The summed E-state index contributed by atoms with van der Waals surface area (Å²) in [4.78, 5) is 2.43. The number of nitrogens with zero attached hydrogens (tertiary/aromatic N) is 2. The van der Waals surface area contributed by atoms with Gasteiger partial charge in [0.15, 0.2) is 5.75 Å². The largest absolute Gasteiger partial charge is 0.492 e. The van der Waals surface area contributed by atoms with Crippen LogP contribution in [0.1, 0.15) is 4.11 Å². The van der Waals surface area contributed by atoms with Gasteiger partial charge >= 0.3 is 0 Å². The highest BCUT2D eigenvalue weighted by Crippen LogP contribution is 2.33. The lowest BCUT2D eigenvalue weighted by atomic mass is 10.2. The second-order valence-electron chi connectivity index (χ2n) is 2.74. The van der Waals surface area contributed by atoms with Crippen molar-refractivity contribution in [2.24, 2.45) is 6.98 Å². The fraction of sp³-hybridized carbons (Fsp3) is 0.222. The molecule has 0 saturated carbocycles. The molecule has 0 aliphatic heterocycles. The number of rotatable bonds is 2. The molecule has 0 unspecified atom stereocenters. The van der Waals surface area contributed by atoms with Crippen LogP contribution in [-0.4, -0.2) is 16.9 Å². The molecule has 0 atom stereocenters. The van der Waals surface area contributed by atoms with Crippen LogP contribution >= 0.6 is 11.8 Å². The lowest BCUT2D eigenvalue weighted by Crippen LogP contribution is -1.95. The van der Waals surface area contributed by atoms with Gasteiger partial charge in [0.25, 0.3) is 0 Å². The Morgan fingerprint density at radius 3 is 3.14 bits per heavy atom. The monoisotopic (exact) mass is 214 g/mol. The van der Waals surface area contributed by atoms with Gasteiger partial charge in [-0.25, -0.2) is 0 Å². The number of anilines is 1. The minimum absolute atomic E-state index is 0.353. The first-order valence-corrected chi connectivity index (χ1v) is 4.28. The molecular weight excluding hydrogens is 202 g/mol. The van der Waals surface area contributed by atoms with E-state index in [1.165, 1.54) is 13.3 Å².